The largest absolute Gasteiger partial charge is 0.421 e. The molecule has 1 aromatic carbocycles. The minimum absolute atomic E-state index is 0.0943. The average molecular weight is 330 g/mol. The third-order valence-electron chi connectivity index (χ3n) is 3.44. The normalized spacial score (nSPS) is 14.5. The van der Waals surface area contributed by atoms with Crippen LogP contribution in [-0.4, -0.2) is 26.0 Å². The predicted octanol–water partition coefficient (Wildman–Crippen LogP) is 2.44. The third kappa shape index (κ3) is 2.72. The maximum atomic E-state index is 13.0. The van der Waals surface area contributed by atoms with Gasteiger partial charge in [-0.1, -0.05) is 0 Å². The van der Waals surface area contributed by atoms with Crippen LogP contribution in [0.5, 0.6) is 0 Å². The van der Waals surface area contributed by atoms with Gasteiger partial charge in [-0.05, 0) is 26.0 Å². The van der Waals surface area contributed by atoms with Gasteiger partial charge in [0.15, 0.2) is 5.60 Å². The van der Waals surface area contributed by atoms with E-state index in [4.69, 9.17) is 5.73 Å². The van der Waals surface area contributed by atoms with Gasteiger partial charge < -0.3 is 10.8 Å². The van der Waals surface area contributed by atoms with Crippen LogP contribution >= 0.6 is 0 Å². The molecule has 7 nitrogen and oxygen atoms in total. The summed E-state index contributed by atoms with van der Waals surface area (Å²) in [5.74, 6) is -0.390. The van der Waals surface area contributed by atoms with Gasteiger partial charge >= 0.3 is 6.18 Å². The lowest BCUT2D eigenvalue weighted by Crippen LogP contribution is -2.40. The van der Waals surface area contributed by atoms with Gasteiger partial charge in [0.1, 0.15) is 5.82 Å². The Bertz CT molecular complexity index is 751. The Morgan fingerprint density at radius 2 is 1.83 bits per heavy atom. The Kier molecular flexibility index (Phi) is 3.81. The van der Waals surface area contributed by atoms with Gasteiger partial charge in [-0.15, -0.1) is 0 Å². The number of aliphatic hydroxyl groups is 1. The van der Waals surface area contributed by atoms with Crippen LogP contribution in [0.2, 0.25) is 0 Å². The first-order valence-electron chi connectivity index (χ1n) is 6.36. The number of nitrogens with two attached hydrogens (primary N) is 1. The number of hydrogen-bond acceptors (Lipinski definition) is 5. The highest BCUT2D eigenvalue weighted by molar-refractivity contribution is 5.54. The molecular formula is C13H13F3N4O3. The van der Waals surface area contributed by atoms with Crippen LogP contribution in [-0.2, 0) is 5.60 Å². The van der Waals surface area contributed by atoms with Crippen molar-refractivity contribution in [2.24, 2.45) is 0 Å². The van der Waals surface area contributed by atoms with Crippen molar-refractivity contribution < 1.29 is 23.2 Å². The summed E-state index contributed by atoms with van der Waals surface area (Å²) in [7, 11) is 0. The number of nitrogen functional groups attached to an aromatic ring is 1. The van der Waals surface area contributed by atoms with Gasteiger partial charge in [0.2, 0.25) is 0 Å². The van der Waals surface area contributed by atoms with E-state index in [2.05, 4.69) is 5.10 Å². The van der Waals surface area contributed by atoms with Crippen molar-refractivity contribution in [2.75, 3.05) is 5.73 Å². The molecule has 0 saturated carbocycles. The summed E-state index contributed by atoms with van der Waals surface area (Å²) in [6.07, 6.45) is -4.94. The van der Waals surface area contributed by atoms with Gasteiger partial charge in [-0.3, -0.25) is 10.1 Å². The molecule has 2 rings (SSSR count). The average Bonchev–Trinajstić information content (AvgIpc) is 2.73. The van der Waals surface area contributed by atoms with Crippen LogP contribution in [0.15, 0.2) is 24.3 Å². The van der Waals surface area contributed by atoms with E-state index in [0.29, 0.717) is 6.92 Å². The first-order chi connectivity index (χ1) is 10.5. The minimum Gasteiger partial charge on any atom is -0.383 e. The Labute approximate surface area is 128 Å². The van der Waals surface area contributed by atoms with E-state index in [1.54, 1.807) is 0 Å². The van der Waals surface area contributed by atoms with Crippen LogP contribution in [0.25, 0.3) is 5.69 Å². The molecule has 0 spiro atoms. The molecule has 0 aliphatic heterocycles. The van der Waals surface area contributed by atoms with Gasteiger partial charge in [0.05, 0.1) is 21.9 Å². The summed E-state index contributed by atoms with van der Waals surface area (Å²) in [6.45, 7) is 1.88. The van der Waals surface area contributed by atoms with E-state index in [1.807, 2.05) is 0 Å². The SMILES string of the molecule is Cc1nn(-c2ccc([N+](=O)[O-])cc2)c(N)c1C(C)(O)C(F)(F)F. The molecule has 0 amide bonds. The van der Waals surface area contributed by atoms with E-state index >= 15 is 0 Å². The quantitative estimate of drug-likeness (QED) is 0.664. The zero-order valence-corrected chi connectivity index (χ0v) is 12.1. The van der Waals surface area contributed by atoms with E-state index < -0.39 is 28.1 Å². The highest BCUT2D eigenvalue weighted by Crippen LogP contribution is 2.42. The van der Waals surface area contributed by atoms with Crippen LogP contribution in [0.1, 0.15) is 18.2 Å². The second kappa shape index (κ2) is 5.23. The standard InChI is InChI=1S/C13H13F3N4O3/c1-7-10(12(2,21)13(14,15)16)11(17)19(18-7)8-3-5-9(6-4-8)20(22)23/h3-6,21H,17H2,1-2H3. The summed E-state index contributed by atoms with van der Waals surface area (Å²) in [5.41, 5.74) is 1.96. The van der Waals surface area contributed by atoms with Gasteiger partial charge in [-0.25, -0.2) is 4.68 Å². The molecule has 0 aliphatic rings. The van der Waals surface area contributed by atoms with E-state index in [-0.39, 0.29) is 17.1 Å². The number of anilines is 1. The number of benzene rings is 1. The van der Waals surface area contributed by atoms with E-state index in [0.717, 1.165) is 4.68 Å². The Hall–Kier alpha value is -2.62. The summed E-state index contributed by atoms with van der Waals surface area (Å²) >= 11 is 0. The highest BCUT2D eigenvalue weighted by atomic mass is 19.4. The number of aromatic nitrogens is 2. The Balaban J connectivity index is 2.56. The summed E-state index contributed by atoms with van der Waals surface area (Å²) < 4.78 is 40.0. The molecule has 0 radical (unpaired) electrons. The topological polar surface area (TPSA) is 107 Å². The molecule has 0 fully saturated rings. The third-order valence-corrected chi connectivity index (χ3v) is 3.44. The van der Waals surface area contributed by atoms with Crippen LogP contribution < -0.4 is 5.73 Å². The van der Waals surface area contributed by atoms with Crippen molar-refractivity contribution in [3.8, 4) is 5.69 Å². The molecule has 2 aromatic rings. The molecule has 0 bridgehead atoms. The molecule has 10 heteroatoms. The summed E-state index contributed by atoms with van der Waals surface area (Å²) in [4.78, 5) is 10.0. The van der Waals surface area contributed by atoms with E-state index in [1.165, 1.54) is 31.2 Å². The fraction of sp³-hybridized carbons (Fsp3) is 0.308. The van der Waals surface area contributed by atoms with E-state index in [9.17, 15) is 28.4 Å². The lowest BCUT2D eigenvalue weighted by atomic mass is 9.95. The molecule has 1 unspecified atom stereocenters. The van der Waals surface area contributed by atoms with Crippen molar-refractivity contribution in [1.82, 2.24) is 9.78 Å². The summed E-state index contributed by atoms with van der Waals surface area (Å²) in [6, 6.07) is 4.95. The highest BCUT2D eigenvalue weighted by Gasteiger charge is 2.54. The molecule has 0 aliphatic carbocycles. The molecule has 3 N–H and O–H groups in total. The maximum Gasteiger partial charge on any atom is 0.421 e. The molecule has 1 heterocycles. The fourth-order valence-corrected chi connectivity index (χ4v) is 2.20. The first kappa shape index (κ1) is 16.7. The summed E-state index contributed by atoms with van der Waals surface area (Å²) in [5, 5.41) is 24.3. The van der Waals surface area contributed by atoms with Crippen molar-refractivity contribution >= 4 is 11.5 Å². The molecule has 0 saturated heterocycles. The van der Waals surface area contributed by atoms with Crippen LogP contribution in [0.3, 0.4) is 0 Å². The number of aryl methyl sites for hydroxylation is 1. The number of nitro benzene ring substituents is 1. The van der Waals surface area contributed by atoms with Crippen molar-refractivity contribution in [3.05, 3.63) is 45.6 Å². The van der Waals surface area contributed by atoms with Crippen molar-refractivity contribution in [2.45, 2.75) is 25.6 Å². The zero-order chi connectivity index (χ0) is 17.6. The molecule has 1 aromatic heterocycles. The lowest BCUT2D eigenvalue weighted by Gasteiger charge is -2.26. The second-order valence-electron chi connectivity index (χ2n) is 5.10. The molecule has 124 valence electrons. The first-order valence-corrected chi connectivity index (χ1v) is 6.36. The van der Waals surface area contributed by atoms with Crippen molar-refractivity contribution in [1.29, 1.82) is 0 Å². The maximum absolute atomic E-state index is 13.0. The number of halogens is 3. The molecular weight excluding hydrogens is 317 g/mol. The Morgan fingerprint density at radius 1 is 1.30 bits per heavy atom. The van der Waals surface area contributed by atoms with Crippen LogP contribution in [0, 0.1) is 17.0 Å². The number of alkyl halides is 3. The van der Waals surface area contributed by atoms with Crippen molar-refractivity contribution in [3.63, 3.8) is 0 Å². The van der Waals surface area contributed by atoms with Crippen LogP contribution in [0.4, 0.5) is 24.7 Å². The van der Waals surface area contributed by atoms with Gasteiger partial charge in [-0.2, -0.15) is 18.3 Å². The Morgan fingerprint density at radius 3 is 2.26 bits per heavy atom. The number of non-ortho nitro benzene ring substituents is 1. The number of rotatable bonds is 3. The van der Waals surface area contributed by atoms with Gasteiger partial charge in [0.25, 0.3) is 5.69 Å². The van der Waals surface area contributed by atoms with Gasteiger partial charge in [0, 0.05) is 12.1 Å². The second-order valence-corrected chi connectivity index (χ2v) is 5.10. The number of hydrogen-bond donors (Lipinski definition) is 2. The predicted molar refractivity (Wildman–Crippen MR) is 75.0 cm³/mol. The molecule has 1 atom stereocenters. The number of nitro groups is 1. The smallest absolute Gasteiger partial charge is 0.383 e. The molecule has 23 heavy (non-hydrogen) atoms. The zero-order valence-electron chi connectivity index (χ0n) is 12.1. The minimum atomic E-state index is -4.94. The lowest BCUT2D eigenvalue weighted by molar-refractivity contribution is -0.384. The number of nitrogens with zero attached hydrogens (tertiary/aromatic N) is 3. The fourth-order valence-electron chi connectivity index (χ4n) is 2.20. The monoisotopic (exact) mass is 330 g/mol.